The molecular formula is C37H37FN6O3. The van der Waals surface area contributed by atoms with Crippen LogP contribution >= 0.6 is 0 Å². The zero-order valence-electron chi connectivity index (χ0n) is 26.7. The highest BCUT2D eigenvalue weighted by atomic mass is 19.1. The van der Waals surface area contributed by atoms with E-state index in [4.69, 9.17) is 4.74 Å². The Morgan fingerprint density at radius 1 is 1.02 bits per heavy atom. The quantitative estimate of drug-likeness (QED) is 0.183. The Labute approximate surface area is 272 Å². The first-order chi connectivity index (χ1) is 22.6. The molecule has 0 aliphatic carbocycles. The van der Waals surface area contributed by atoms with Crippen LogP contribution in [-0.2, 0) is 0 Å². The number of amides is 1. The van der Waals surface area contributed by atoms with E-state index in [2.05, 4.69) is 39.1 Å². The predicted octanol–water partition coefficient (Wildman–Crippen LogP) is 6.88. The van der Waals surface area contributed by atoms with E-state index in [-0.39, 0.29) is 11.6 Å². The van der Waals surface area contributed by atoms with Gasteiger partial charge in [-0.1, -0.05) is 18.7 Å². The highest BCUT2D eigenvalue weighted by molar-refractivity contribution is 6.04. The van der Waals surface area contributed by atoms with Gasteiger partial charge >= 0.3 is 0 Å². The molecule has 0 radical (unpaired) electrons. The standard InChI is InChI=1S/C37H37FN6O3/c1-23(2)44-21-31(25-5-7-26(38)8-6-25)36(45)32(22-44)37(46)42-27-9-11-29(12-10-27)47-35-13-16-39-34-20-40-33(19-30(34)35)24(3)41-28-14-17-43(4)18-15-28/h5-13,16,19-23,28,41H,3,14-15,17-18H2,1-2,4H3,(H,42,46). The molecule has 0 unspecified atom stereocenters. The number of aromatic nitrogens is 3. The van der Waals surface area contributed by atoms with E-state index in [1.54, 1.807) is 59.7 Å². The Hall–Kier alpha value is -5.35. The van der Waals surface area contributed by atoms with E-state index in [0.29, 0.717) is 39.9 Å². The van der Waals surface area contributed by atoms with Crippen molar-refractivity contribution >= 4 is 28.2 Å². The predicted molar refractivity (Wildman–Crippen MR) is 183 cm³/mol. The number of rotatable bonds is 9. The minimum atomic E-state index is -0.545. The lowest BCUT2D eigenvalue weighted by atomic mass is 10.0. The summed E-state index contributed by atoms with van der Waals surface area (Å²) in [7, 11) is 2.14. The molecule has 240 valence electrons. The number of hydrogen-bond donors (Lipinski definition) is 2. The van der Waals surface area contributed by atoms with Gasteiger partial charge in [0.1, 0.15) is 22.9 Å². The van der Waals surface area contributed by atoms with Gasteiger partial charge in [-0.2, -0.15) is 0 Å². The Balaban J connectivity index is 1.18. The highest BCUT2D eigenvalue weighted by Crippen LogP contribution is 2.31. The minimum Gasteiger partial charge on any atom is -0.457 e. The van der Waals surface area contributed by atoms with Crippen LogP contribution in [0.3, 0.4) is 0 Å². The maximum absolute atomic E-state index is 13.5. The van der Waals surface area contributed by atoms with Crippen LogP contribution in [0.25, 0.3) is 27.7 Å². The lowest BCUT2D eigenvalue weighted by molar-refractivity contribution is 0.102. The largest absolute Gasteiger partial charge is 0.457 e. The molecule has 1 amide bonds. The molecule has 0 saturated carbocycles. The molecule has 3 aromatic heterocycles. The average Bonchev–Trinajstić information content (AvgIpc) is 3.07. The average molecular weight is 633 g/mol. The lowest BCUT2D eigenvalue weighted by Crippen LogP contribution is -2.40. The molecule has 1 aliphatic heterocycles. The van der Waals surface area contributed by atoms with Crippen molar-refractivity contribution in [3.8, 4) is 22.6 Å². The summed E-state index contributed by atoms with van der Waals surface area (Å²) in [5, 5.41) is 7.15. The summed E-state index contributed by atoms with van der Waals surface area (Å²) in [6, 6.07) is 16.6. The van der Waals surface area contributed by atoms with Gasteiger partial charge < -0.3 is 24.8 Å². The fourth-order valence-corrected chi connectivity index (χ4v) is 5.58. The number of fused-ring (bicyclic) bond motifs is 1. The number of piperidine rings is 1. The monoisotopic (exact) mass is 632 g/mol. The first kappa shape index (κ1) is 31.6. The number of hydrogen-bond acceptors (Lipinski definition) is 7. The molecule has 47 heavy (non-hydrogen) atoms. The van der Waals surface area contributed by atoms with Gasteiger partial charge in [0.05, 0.1) is 23.1 Å². The SMILES string of the molecule is C=C(NC1CCN(C)CC1)c1cc2c(Oc3ccc(NC(=O)c4cn(C(C)C)cc(-c5ccc(F)cc5)c4=O)cc3)ccnc2cn1. The van der Waals surface area contributed by atoms with E-state index in [1.807, 2.05) is 19.9 Å². The molecular weight excluding hydrogens is 595 g/mol. The summed E-state index contributed by atoms with van der Waals surface area (Å²) < 4.78 is 21.6. The van der Waals surface area contributed by atoms with Gasteiger partial charge in [0.15, 0.2) is 0 Å². The fraction of sp³-hybridized carbons (Fsp3) is 0.243. The van der Waals surface area contributed by atoms with Crippen molar-refractivity contribution in [2.45, 2.75) is 38.8 Å². The molecule has 0 bridgehead atoms. The van der Waals surface area contributed by atoms with E-state index in [9.17, 15) is 14.0 Å². The smallest absolute Gasteiger partial charge is 0.261 e. The maximum atomic E-state index is 13.5. The third-order valence-electron chi connectivity index (χ3n) is 8.38. The first-order valence-corrected chi connectivity index (χ1v) is 15.6. The summed E-state index contributed by atoms with van der Waals surface area (Å²) in [5.74, 6) is 0.211. The number of carbonyl (C=O) groups excluding carboxylic acids is 1. The normalized spacial score (nSPS) is 13.9. The molecule has 9 nitrogen and oxygen atoms in total. The number of ether oxygens (including phenoxy) is 1. The summed E-state index contributed by atoms with van der Waals surface area (Å²) >= 11 is 0. The molecule has 5 aromatic rings. The van der Waals surface area contributed by atoms with Gasteiger partial charge in [0.25, 0.3) is 5.91 Å². The fourth-order valence-electron chi connectivity index (χ4n) is 5.58. The number of nitrogens with one attached hydrogen (secondary N) is 2. The molecule has 2 N–H and O–H groups in total. The number of anilines is 1. The molecule has 6 rings (SSSR count). The third kappa shape index (κ3) is 7.23. The summed E-state index contributed by atoms with van der Waals surface area (Å²) in [6.07, 6.45) is 8.72. The molecule has 1 fully saturated rings. The Kier molecular flexibility index (Phi) is 9.12. The zero-order valence-corrected chi connectivity index (χ0v) is 26.7. The van der Waals surface area contributed by atoms with Gasteiger partial charge in [-0.05, 0) is 101 Å². The summed E-state index contributed by atoms with van der Waals surface area (Å²) in [4.78, 5) is 38.1. The topological polar surface area (TPSA) is 101 Å². The van der Waals surface area contributed by atoms with Crippen LogP contribution in [0.1, 0.15) is 48.8 Å². The second-order valence-electron chi connectivity index (χ2n) is 12.1. The van der Waals surface area contributed by atoms with Gasteiger partial charge in [-0.15, -0.1) is 0 Å². The second kappa shape index (κ2) is 13.6. The van der Waals surface area contributed by atoms with Crippen molar-refractivity contribution in [1.29, 1.82) is 0 Å². The van der Waals surface area contributed by atoms with Crippen molar-refractivity contribution < 1.29 is 13.9 Å². The minimum absolute atomic E-state index is 0.0117. The van der Waals surface area contributed by atoms with E-state index < -0.39 is 17.2 Å². The van der Waals surface area contributed by atoms with Crippen LogP contribution < -0.4 is 20.8 Å². The first-order valence-electron chi connectivity index (χ1n) is 15.6. The van der Waals surface area contributed by atoms with Crippen LogP contribution in [0, 0.1) is 5.82 Å². The molecule has 4 heterocycles. The maximum Gasteiger partial charge on any atom is 0.261 e. The van der Waals surface area contributed by atoms with Gasteiger partial charge in [-0.3, -0.25) is 19.6 Å². The number of carbonyl (C=O) groups is 1. The van der Waals surface area contributed by atoms with Crippen molar-refractivity contribution in [2.24, 2.45) is 0 Å². The van der Waals surface area contributed by atoms with Crippen LogP contribution in [-0.4, -0.2) is 51.5 Å². The number of halogens is 1. The Morgan fingerprint density at radius 3 is 2.45 bits per heavy atom. The lowest BCUT2D eigenvalue weighted by Gasteiger charge is -2.30. The summed E-state index contributed by atoms with van der Waals surface area (Å²) in [5.41, 5.74) is 3.08. The Bertz CT molecular complexity index is 1980. The molecule has 0 spiro atoms. The van der Waals surface area contributed by atoms with Gasteiger partial charge in [0, 0.05) is 47.3 Å². The Morgan fingerprint density at radius 2 is 1.74 bits per heavy atom. The highest BCUT2D eigenvalue weighted by Gasteiger charge is 2.19. The van der Waals surface area contributed by atoms with Crippen LogP contribution in [0.2, 0.25) is 0 Å². The second-order valence-corrected chi connectivity index (χ2v) is 12.1. The van der Waals surface area contributed by atoms with E-state index in [0.717, 1.165) is 42.7 Å². The van der Waals surface area contributed by atoms with Gasteiger partial charge in [0.2, 0.25) is 5.43 Å². The number of nitrogens with zero attached hydrogens (tertiary/aromatic N) is 4. The van der Waals surface area contributed by atoms with Crippen molar-refractivity contribution in [3.05, 3.63) is 119 Å². The van der Waals surface area contributed by atoms with Crippen LogP contribution in [0.5, 0.6) is 11.5 Å². The van der Waals surface area contributed by atoms with E-state index in [1.165, 1.54) is 24.3 Å². The summed E-state index contributed by atoms with van der Waals surface area (Å²) in [6.45, 7) is 10.2. The van der Waals surface area contributed by atoms with E-state index >= 15 is 0 Å². The zero-order chi connectivity index (χ0) is 33.1. The molecule has 1 aliphatic rings. The molecule has 10 heteroatoms. The number of likely N-dealkylation sites (tertiary alicyclic amines) is 1. The molecule has 2 aromatic carbocycles. The molecule has 0 atom stereocenters. The van der Waals surface area contributed by atoms with Crippen LogP contribution in [0.15, 0.2) is 96.8 Å². The third-order valence-corrected chi connectivity index (χ3v) is 8.38. The number of benzene rings is 2. The van der Waals surface area contributed by atoms with Gasteiger partial charge in [-0.25, -0.2) is 4.39 Å². The van der Waals surface area contributed by atoms with Crippen LogP contribution in [0.4, 0.5) is 10.1 Å². The van der Waals surface area contributed by atoms with Crippen molar-refractivity contribution in [1.82, 2.24) is 24.8 Å². The number of pyridine rings is 3. The molecule has 1 saturated heterocycles. The van der Waals surface area contributed by atoms with Crippen molar-refractivity contribution in [2.75, 3.05) is 25.5 Å². The van der Waals surface area contributed by atoms with Crippen molar-refractivity contribution in [3.63, 3.8) is 0 Å².